The molecule has 20 heavy (non-hydrogen) atoms. The van der Waals surface area contributed by atoms with Crippen LogP contribution < -0.4 is 15.5 Å². The Labute approximate surface area is 118 Å². The minimum Gasteiger partial charge on any atom is -0.323 e. The fraction of sp³-hybridized carbons (Fsp3) is 0.467. The molecule has 5 nitrogen and oxygen atoms in total. The Kier molecular flexibility index (Phi) is 3.22. The van der Waals surface area contributed by atoms with Crippen molar-refractivity contribution < 1.29 is 9.59 Å². The third kappa shape index (κ3) is 1.98. The van der Waals surface area contributed by atoms with Crippen LogP contribution in [0.4, 0.5) is 11.4 Å². The predicted octanol–water partition coefficient (Wildman–Crippen LogP) is 1.36. The van der Waals surface area contributed by atoms with Crippen LogP contribution in [-0.2, 0) is 9.59 Å². The minimum absolute atomic E-state index is 0.0623. The summed E-state index contributed by atoms with van der Waals surface area (Å²) in [5, 5.41) is 6.09. The van der Waals surface area contributed by atoms with Crippen LogP contribution in [0, 0.1) is 5.41 Å². The van der Waals surface area contributed by atoms with Crippen molar-refractivity contribution in [3.63, 3.8) is 0 Å². The zero-order chi connectivity index (χ0) is 14.2. The number of para-hydroxylation sites is 2. The van der Waals surface area contributed by atoms with Crippen molar-refractivity contribution in [1.29, 1.82) is 0 Å². The van der Waals surface area contributed by atoms with E-state index in [0.717, 1.165) is 25.1 Å². The Hall–Kier alpha value is -1.88. The molecule has 1 aromatic rings. The van der Waals surface area contributed by atoms with E-state index in [0.29, 0.717) is 12.2 Å². The number of fused-ring (bicyclic) bond motifs is 1. The lowest BCUT2D eigenvalue weighted by Crippen LogP contribution is -2.50. The number of anilines is 2. The van der Waals surface area contributed by atoms with Gasteiger partial charge in [0.25, 0.3) is 0 Å². The van der Waals surface area contributed by atoms with Crippen LogP contribution in [-0.4, -0.2) is 31.4 Å². The van der Waals surface area contributed by atoms with E-state index in [4.69, 9.17) is 0 Å². The molecule has 2 heterocycles. The third-order valence-electron chi connectivity index (χ3n) is 4.39. The Morgan fingerprint density at radius 1 is 1.40 bits per heavy atom. The number of hydrogen-bond acceptors (Lipinski definition) is 3. The van der Waals surface area contributed by atoms with Crippen molar-refractivity contribution in [3.8, 4) is 0 Å². The van der Waals surface area contributed by atoms with E-state index in [-0.39, 0.29) is 23.8 Å². The SMILES string of the molecule is CCC1(C(=O)N2CC(=O)Nc3ccccc32)CCNC1. The number of carbonyl (C=O) groups is 2. The van der Waals surface area contributed by atoms with E-state index in [1.165, 1.54) is 0 Å². The van der Waals surface area contributed by atoms with Gasteiger partial charge < -0.3 is 15.5 Å². The van der Waals surface area contributed by atoms with Crippen molar-refractivity contribution >= 4 is 23.2 Å². The topological polar surface area (TPSA) is 61.4 Å². The van der Waals surface area contributed by atoms with Crippen LogP contribution in [0.1, 0.15) is 19.8 Å². The summed E-state index contributed by atoms with van der Waals surface area (Å²) in [6, 6.07) is 7.47. The molecule has 1 atom stereocenters. The molecule has 0 aromatic heterocycles. The van der Waals surface area contributed by atoms with Crippen LogP contribution >= 0.6 is 0 Å². The van der Waals surface area contributed by atoms with Crippen LogP contribution in [0.25, 0.3) is 0 Å². The Morgan fingerprint density at radius 2 is 2.20 bits per heavy atom. The van der Waals surface area contributed by atoms with Crippen molar-refractivity contribution in [2.75, 3.05) is 29.9 Å². The summed E-state index contributed by atoms with van der Waals surface area (Å²) in [7, 11) is 0. The molecule has 2 N–H and O–H groups in total. The molecule has 1 aromatic carbocycles. The van der Waals surface area contributed by atoms with Gasteiger partial charge in [-0.05, 0) is 31.5 Å². The standard InChI is InChI=1S/C15H19N3O2/c1-2-15(7-8-16-10-15)14(20)18-9-13(19)17-11-5-3-4-6-12(11)18/h3-6,16H,2,7-10H2,1H3,(H,17,19). The maximum Gasteiger partial charge on any atom is 0.244 e. The number of carbonyl (C=O) groups excluding carboxylic acids is 2. The highest BCUT2D eigenvalue weighted by Crippen LogP contribution is 2.37. The molecular weight excluding hydrogens is 254 g/mol. The second-order valence-electron chi connectivity index (χ2n) is 5.52. The van der Waals surface area contributed by atoms with Crippen LogP contribution in [0.15, 0.2) is 24.3 Å². The fourth-order valence-corrected chi connectivity index (χ4v) is 3.08. The van der Waals surface area contributed by atoms with E-state index in [2.05, 4.69) is 10.6 Å². The molecule has 0 spiro atoms. The van der Waals surface area contributed by atoms with E-state index < -0.39 is 0 Å². The van der Waals surface area contributed by atoms with Gasteiger partial charge in [0.15, 0.2) is 0 Å². The van der Waals surface area contributed by atoms with Crippen LogP contribution in [0.5, 0.6) is 0 Å². The summed E-state index contributed by atoms with van der Waals surface area (Å²) in [5.74, 6) is -0.0680. The van der Waals surface area contributed by atoms with E-state index in [1.807, 2.05) is 31.2 Å². The van der Waals surface area contributed by atoms with Crippen LogP contribution in [0.2, 0.25) is 0 Å². The number of hydrogen-bond donors (Lipinski definition) is 2. The zero-order valence-corrected chi connectivity index (χ0v) is 11.6. The Balaban J connectivity index is 1.97. The highest BCUT2D eigenvalue weighted by Gasteiger charge is 2.44. The molecule has 1 fully saturated rings. The second kappa shape index (κ2) is 4.90. The molecule has 0 aliphatic carbocycles. The summed E-state index contributed by atoms with van der Waals surface area (Å²) in [6.45, 7) is 3.71. The van der Waals surface area contributed by atoms with Gasteiger partial charge in [0.1, 0.15) is 6.54 Å². The molecule has 0 bridgehead atoms. The van der Waals surface area contributed by atoms with Gasteiger partial charge in [0.05, 0.1) is 16.8 Å². The maximum atomic E-state index is 13.0. The average Bonchev–Trinajstić information content (AvgIpc) is 2.95. The third-order valence-corrected chi connectivity index (χ3v) is 4.39. The average molecular weight is 273 g/mol. The first-order valence-corrected chi connectivity index (χ1v) is 7.08. The molecular formula is C15H19N3O2. The quantitative estimate of drug-likeness (QED) is 0.855. The lowest BCUT2D eigenvalue weighted by Gasteiger charge is -2.36. The van der Waals surface area contributed by atoms with Gasteiger partial charge in [-0.25, -0.2) is 0 Å². The van der Waals surface area contributed by atoms with E-state index in [9.17, 15) is 9.59 Å². The van der Waals surface area contributed by atoms with Crippen molar-refractivity contribution in [2.24, 2.45) is 5.41 Å². The summed E-state index contributed by atoms with van der Waals surface area (Å²) < 4.78 is 0. The highest BCUT2D eigenvalue weighted by atomic mass is 16.2. The van der Waals surface area contributed by atoms with E-state index in [1.54, 1.807) is 4.90 Å². The first-order valence-electron chi connectivity index (χ1n) is 7.08. The van der Waals surface area contributed by atoms with Crippen LogP contribution in [0.3, 0.4) is 0 Å². The predicted molar refractivity (Wildman–Crippen MR) is 77.6 cm³/mol. The molecule has 2 aliphatic heterocycles. The highest BCUT2D eigenvalue weighted by molar-refractivity contribution is 6.11. The summed E-state index contributed by atoms with van der Waals surface area (Å²) >= 11 is 0. The number of nitrogens with zero attached hydrogens (tertiary/aromatic N) is 1. The molecule has 0 radical (unpaired) electrons. The first kappa shape index (κ1) is 13.1. The molecule has 1 saturated heterocycles. The fourth-order valence-electron chi connectivity index (χ4n) is 3.08. The molecule has 1 unspecified atom stereocenters. The van der Waals surface area contributed by atoms with Gasteiger partial charge in [0, 0.05) is 6.54 Å². The Morgan fingerprint density at radius 3 is 2.90 bits per heavy atom. The Bertz CT molecular complexity index is 550. The van der Waals surface area contributed by atoms with Gasteiger partial charge in [-0.15, -0.1) is 0 Å². The van der Waals surface area contributed by atoms with Gasteiger partial charge >= 0.3 is 0 Å². The summed E-state index contributed by atoms with van der Waals surface area (Å²) in [6.07, 6.45) is 1.63. The van der Waals surface area contributed by atoms with Gasteiger partial charge in [-0.1, -0.05) is 19.1 Å². The van der Waals surface area contributed by atoms with Gasteiger partial charge in [-0.2, -0.15) is 0 Å². The first-order chi connectivity index (χ1) is 9.66. The minimum atomic E-state index is -0.370. The van der Waals surface area contributed by atoms with Crippen molar-refractivity contribution in [1.82, 2.24) is 5.32 Å². The number of rotatable bonds is 2. The molecule has 0 saturated carbocycles. The molecule has 106 valence electrons. The van der Waals surface area contributed by atoms with Gasteiger partial charge in [-0.3, -0.25) is 9.59 Å². The summed E-state index contributed by atoms with van der Waals surface area (Å²) in [5.41, 5.74) is 1.15. The molecule has 2 amide bonds. The smallest absolute Gasteiger partial charge is 0.244 e. The zero-order valence-electron chi connectivity index (χ0n) is 11.6. The van der Waals surface area contributed by atoms with Crippen molar-refractivity contribution in [2.45, 2.75) is 19.8 Å². The second-order valence-corrected chi connectivity index (χ2v) is 5.52. The lowest BCUT2D eigenvalue weighted by molar-refractivity contribution is -0.129. The number of benzene rings is 1. The maximum absolute atomic E-state index is 13.0. The van der Waals surface area contributed by atoms with E-state index >= 15 is 0 Å². The number of amides is 2. The molecule has 3 rings (SSSR count). The van der Waals surface area contributed by atoms with Gasteiger partial charge in [0.2, 0.25) is 11.8 Å². The largest absolute Gasteiger partial charge is 0.323 e. The lowest BCUT2D eigenvalue weighted by atomic mass is 9.82. The number of nitrogens with one attached hydrogen (secondary N) is 2. The monoisotopic (exact) mass is 273 g/mol. The summed E-state index contributed by atoms with van der Waals surface area (Å²) in [4.78, 5) is 26.4. The molecule has 5 heteroatoms. The van der Waals surface area contributed by atoms with Crippen molar-refractivity contribution in [3.05, 3.63) is 24.3 Å². The normalized spacial score (nSPS) is 25.2. The molecule has 2 aliphatic rings.